The van der Waals surface area contributed by atoms with Gasteiger partial charge in [-0.3, -0.25) is 4.90 Å². The number of likely N-dealkylation sites (tertiary alicyclic amines) is 1. The zero-order valence-electron chi connectivity index (χ0n) is 11.2. The summed E-state index contributed by atoms with van der Waals surface area (Å²) in [5.74, 6) is 0. The van der Waals surface area contributed by atoms with Crippen LogP contribution in [0.1, 0.15) is 25.3 Å². The predicted molar refractivity (Wildman–Crippen MR) is 74.4 cm³/mol. The number of rotatable bonds is 5. The van der Waals surface area contributed by atoms with Gasteiger partial charge in [0.15, 0.2) is 0 Å². The number of aliphatic hydroxyl groups is 1. The molecule has 1 unspecified atom stereocenters. The van der Waals surface area contributed by atoms with Crippen molar-refractivity contribution in [3.05, 3.63) is 35.9 Å². The minimum absolute atomic E-state index is 0.0955. The SMILES string of the molecule is CCNC1(CO)CCCN(Cc2ccccc2)C1. The Labute approximate surface area is 110 Å². The zero-order valence-corrected chi connectivity index (χ0v) is 11.2. The van der Waals surface area contributed by atoms with Gasteiger partial charge in [0, 0.05) is 13.1 Å². The Hall–Kier alpha value is -0.900. The van der Waals surface area contributed by atoms with E-state index < -0.39 is 0 Å². The Bertz CT molecular complexity index is 351. The van der Waals surface area contributed by atoms with Crippen molar-refractivity contribution in [2.24, 2.45) is 0 Å². The normalized spacial score (nSPS) is 25.2. The molecule has 1 atom stereocenters. The quantitative estimate of drug-likeness (QED) is 0.831. The molecule has 1 saturated heterocycles. The van der Waals surface area contributed by atoms with Crippen molar-refractivity contribution < 1.29 is 5.11 Å². The van der Waals surface area contributed by atoms with Crippen LogP contribution in [0.15, 0.2) is 30.3 Å². The van der Waals surface area contributed by atoms with Crippen molar-refractivity contribution in [1.82, 2.24) is 10.2 Å². The standard InChI is InChI=1S/C15H24N2O/c1-2-16-15(13-18)9-6-10-17(12-15)11-14-7-4-3-5-8-14/h3-5,7-8,16,18H,2,6,9-13H2,1H3. The van der Waals surface area contributed by atoms with Crippen molar-refractivity contribution in [3.8, 4) is 0 Å². The highest BCUT2D eigenvalue weighted by Crippen LogP contribution is 2.22. The summed E-state index contributed by atoms with van der Waals surface area (Å²) < 4.78 is 0. The van der Waals surface area contributed by atoms with Crippen LogP contribution in [0.5, 0.6) is 0 Å². The summed E-state index contributed by atoms with van der Waals surface area (Å²) in [4.78, 5) is 2.44. The smallest absolute Gasteiger partial charge is 0.0625 e. The second-order valence-electron chi connectivity index (χ2n) is 5.27. The average Bonchev–Trinajstić information content (AvgIpc) is 2.41. The van der Waals surface area contributed by atoms with Crippen LogP contribution in [-0.4, -0.2) is 41.8 Å². The molecule has 1 aliphatic rings. The Morgan fingerprint density at radius 3 is 2.78 bits per heavy atom. The summed E-state index contributed by atoms with van der Waals surface area (Å²) >= 11 is 0. The molecule has 0 aliphatic carbocycles. The van der Waals surface area contributed by atoms with Gasteiger partial charge < -0.3 is 10.4 Å². The first kappa shape index (κ1) is 13.5. The van der Waals surface area contributed by atoms with Gasteiger partial charge in [-0.2, -0.15) is 0 Å². The summed E-state index contributed by atoms with van der Waals surface area (Å²) in [6.45, 7) is 6.29. The van der Waals surface area contributed by atoms with E-state index in [-0.39, 0.29) is 12.1 Å². The van der Waals surface area contributed by atoms with Gasteiger partial charge >= 0.3 is 0 Å². The van der Waals surface area contributed by atoms with Gasteiger partial charge in [0.2, 0.25) is 0 Å². The van der Waals surface area contributed by atoms with E-state index in [0.29, 0.717) is 0 Å². The molecule has 0 spiro atoms. The highest BCUT2D eigenvalue weighted by molar-refractivity contribution is 5.14. The van der Waals surface area contributed by atoms with Crippen molar-refractivity contribution >= 4 is 0 Å². The van der Waals surface area contributed by atoms with Gasteiger partial charge in [-0.25, -0.2) is 0 Å². The lowest BCUT2D eigenvalue weighted by atomic mass is 9.89. The van der Waals surface area contributed by atoms with E-state index in [0.717, 1.165) is 39.0 Å². The van der Waals surface area contributed by atoms with Crippen LogP contribution in [0, 0.1) is 0 Å². The molecule has 2 N–H and O–H groups in total. The number of benzene rings is 1. The third kappa shape index (κ3) is 3.31. The van der Waals surface area contributed by atoms with Gasteiger partial charge in [0.1, 0.15) is 0 Å². The van der Waals surface area contributed by atoms with Crippen LogP contribution in [0.2, 0.25) is 0 Å². The van der Waals surface area contributed by atoms with Crippen LogP contribution in [0.25, 0.3) is 0 Å². The maximum absolute atomic E-state index is 9.67. The van der Waals surface area contributed by atoms with E-state index in [9.17, 15) is 5.11 Å². The zero-order chi connectivity index (χ0) is 12.8. The summed E-state index contributed by atoms with van der Waals surface area (Å²) in [6, 6.07) is 10.6. The fraction of sp³-hybridized carbons (Fsp3) is 0.600. The highest BCUT2D eigenvalue weighted by Gasteiger charge is 2.33. The van der Waals surface area contributed by atoms with Crippen LogP contribution in [0.3, 0.4) is 0 Å². The lowest BCUT2D eigenvalue weighted by Gasteiger charge is -2.42. The minimum atomic E-state index is -0.0955. The second kappa shape index (κ2) is 6.32. The second-order valence-corrected chi connectivity index (χ2v) is 5.27. The van der Waals surface area contributed by atoms with Gasteiger partial charge in [-0.05, 0) is 31.5 Å². The van der Waals surface area contributed by atoms with Crippen LogP contribution >= 0.6 is 0 Å². The molecule has 0 bridgehead atoms. The first-order valence-corrected chi connectivity index (χ1v) is 6.90. The number of nitrogens with one attached hydrogen (secondary N) is 1. The number of likely N-dealkylation sites (N-methyl/N-ethyl adjacent to an activating group) is 1. The summed E-state index contributed by atoms with van der Waals surface area (Å²) in [5.41, 5.74) is 1.25. The summed E-state index contributed by atoms with van der Waals surface area (Å²) in [7, 11) is 0. The first-order valence-electron chi connectivity index (χ1n) is 6.90. The number of hydrogen-bond acceptors (Lipinski definition) is 3. The molecule has 2 rings (SSSR count). The molecule has 1 aromatic rings. The molecular weight excluding hydrogens is 224 g/mol. The Kier molecular flexibility index (Phi) is 4.75. The molecule has 1 fully saturated rings. The van der Waals surface area contributed by atoms with Gasteiger partial charge in [0.25, 0.3) is 0 Å². The monoisotopic (exact) mass is 248 g/mol. The van der Waals surface area contributed by atoms with Gasteiger partial charge in [-0.1, -0.05) is 37.3 Å². The molecule has 3 nitrogen and oxygen atoms in total. The molecular formula is C15H24N2O. The third-order valence-corrected chi connectivity index (χ3v) is 3.76. The lowest BCUT2D eigenvalue weighted by molar-refractivity contribution is 0.0648. The van der Waals surface area contributed by atoms with E-state index in [1.54, 1.807) is 0 Å². The van der Waals surface area contributed by atoms with Crippen molar-refractivity contribution in [1.29, 1.82) is 0 Å². The first-order chi connectivity index (χ1) is 8.78. The molecule has 0 radical (unpaired) electrons. The van der Waals surface area contributed by atoms with Gasteiger partial charge in [0.05, 0.1) is 12.1 Å². The number of hydrogen-bond donors (Lipinski definition) is 2. The Balaban J connectivity index is 1.98. The van der Waals surface area contributed by atoms with E-state index in [2.05, 4.69) is 47.5 Å². The number of piperidine rings is 1. The molecule has 100 valence electrons. The Morgan fingerprint density at radius 1 is 1.33 bits per heavy atom. The van der Waals surface area contributed by atoms with E-state index >= 15 is 0 Å². The number of nitrogens with zero attached hydrogens (tertiary/aromatic N) is 1. The molecule has 1 aliphatic heterocycles. The molecule has 0 aromatic heterocycles. The van der Waals surface area contributed by atoms with E-state index in [1.165, 1.54) is 5.56 Å². The number of aliphatic hydroxyl groups excluding tert-OH is 1. The van der Waals surface area contributed by atoms with Crippen LogP contribution < -0.4 is 5.32 Å². The predicted octanol–water partition coefficient (Wildman–Crippen LogP) is 1.62. The van der Waals surface area contributed by atoms with Gasteiger partial charge in [-0.15, -0.1) is 0 Å². The topological polar surface area (TPSA) is 35.5 Å². The molecule has 3 heteroatoms. The molecule has 0 saturated carbocycles. The van der Waals surface area contributed by atoms with Crippen molar-refractivity contribution in [2.45, 2.75) is 31.8 Å². The largest absolute Gasteiger partial charge is 0.394 e. The highest BCUT2D eigenvalue weighted by atomic mass is 16.3. The van der Waals surface area contributed by atoms with E-state index in [4.69, 9.17) is 0 Å². The Morgan fingerprint density at radius 2 is 2.11 bits per heavy atom. The molecule has 1 heterocycles. The maximum Gasteiger partial charge on any atom is 0.0625 e. The van der Waals surface area contributed by atoms with Crippen LogP contribution in [0.4, 0.5) is 0 Å². The fourth-order valence-corrected chi connectivity index (χ4v) is 2.91. The molecule has 18 heavy (non-hydrogen) atoms. The fourth-order valence-electron chi connectivity index (χ4n) is 2.91. The van der Waals surface area contributed by atoms with Crippen molar-refractivity contribution in [2.75, 3.05) is 26.2 Å². The third-order valence-electron chi connectivity index (χ3n) is 3.76. The molecule has 0 amide bonds. The lowest BCUT2D eigenvalue weighted by Crippen LogP contribution is -2.59. The molecule has 1 aromatic carbocycles. The summed E-state index contributed by atoms with van der Waals surface area (Å²) in [5, 5.41) is 13.1. The van der Waals surface area contributed by atoms with Crippen LogP contribution in [-0.2, 0) is 6.54 Å². The average molecular weight is 248 g/mol. The van der Waals surface area contributed by atoms with E-state index in [1.807, 2.05) is 0 Å². The summed E-state index contributed by atoms with van der Waals surface area (Å²) in [6.07, 6.45) is 2.23. The minimum Gasteiger partial charge on any atom is -0.394 e. The van der Waals surface area contributed by atoms with Crippen molar-refractivity contribution in [3.63, 3.8) is 0 Å². The maximum atomic E-state index is 9.67.